The summed E-state index contributed by atoms with van der Waals surface area (Å²) in [5.41, 5.74) is 2.64. The Kier molecular flexibility index (Phi) is 5.05. The van der Waals surface area contributed by atoms with Crippen LogP contribution in [-0.2, 0) is 10.0 Å². The molecule has 4 rings (SSSR count). The largest absolute Gasteiger partial charge is 0.360 e. The molecule has 0 amide bonds. The molecule has 1 saturated heterocycles. The fraction of sp³-hybridized carbons (Fsp3) is 0.368. The molecule has 1 N–H and O–H groups in total. The second-order valence-electron chi connectivity index (χ2n) is 7.06. The molecular weight excluding hydrogens is 392 g/mol. The molecule has 1 aliphatic heterocycles. The highest BCUT2D eigenvalue weighted by Gasteiger charge is 2.40. The van der Waals surface area contributed by atoms with Crippen LogP contribution < -0.4 is 5.32 Å². The van der Waals surface area contributed by atoms with Gasteiger partial charge in [-0.15, -0.1) is 0 Å². The molecule has 0 spiro atoms. The molecule has 0 aromatic carbocycles. The third-order valence-electron chi connectivity index (χ3n) is 4.89. The number of anilines is 2. The highest BCUT2D eigenvalue weighted by molar-refractivity contribution is 7.89. The molecule has 0 saturated carbocycles. The molecule has 3 aromatic heterocycles. The summed E-state index contributed by atoms with van der Waals surface area (Å²) in [7, 11) is -3.74. The van der Waals surface area contributed by atoms with E-state index in [4.69, 9.17) is 4.52 Å². The summed E-state index contributed by atoms with van der Waals surface area (Å²) >= 11 is 0. The van der Waals surface area contributed by atoms with E-state index in [0.717, 1.165) is 17.8 Å². The summed E-state index contributed by atoms with van der Waals surface area (Å²) in [6.07, 6.45) is 6.29. The highest BCUT2D eigenvalue weighted by atomic mass is 32.2. The smallest absolute Gasteiger partial charge is 0.249 e. The zero-order valence-electron chi connectivity index (χ0n) is 16.5. The lowest BCUT2D eigenvalue weighted by Gasteiger charge is -2.24. The molecule has 1 aliphatic rings. The van der Waals surface area contributed by atoms with Crippen LogP contribution >= 0.6 is 0 Å². The van der Waals surface area contributed by atoms with Crippen LogP contribution in [0.3, 0.4) is 0 Å². The average Bonchev–Trinajstić information content (AvgIpc) is 3.29. The van der Waals surface area contributed by atoms with Gasteiger partial charge < -0.3 is 9.84 Å². The maximum absolute atomic E-state index is 13.3. The third kappa shape index (κ3) is 3.73. The Morgan fingerprint density at radius 3 is 2.72 bits per heavy atom. The molecular formula is C19H22N6O3S. The van der Waals surface area contributed by atoms with Crippen LogP contribution in [0.2, 0.25) is 0 Å². The van der Waals surface area contributed by atoms with Crippen LogP contribution in [0.5, 0.6) is 0 Å². The Hall–Kier alpha value is -2.85. The van der Waals surface area contributed by atoms with Crippen LogP contribution in [-0.4, -0.2) is 39.4 Å². The molecule has 152 valence electrons. The molecule has 10 heteroatoms. The zero-order chi connectivity index (χ0) is 20.6. The Balaban J connectivity index is 1.69. The van der Waals surface area contributed by atoms with Crippen molar-refractivity contribution in [2.45, 2.75) is 44.6 Å². The predicted octanol–water partition coefficient (Wildman–Crippen LogP) is 3.05. The van der Waals surface area contributed by atoms with E-state index < -0.39 is 10.0 Å². The first-order valence-corrected chi connectivity index (χ1v) is 10.8. The summed E-state index contributed by atoms with van der Waals surface area (Å²) < 4.78 is 33.3. The Morgan fingerprint density at radius 2 is 2.03 bits per heavy atom. The van der Waals surface area contributed by atoms with Gasteiger partial charge in [-0.2, -0.15) is 4.31 Å². The average molecular weight is 414 g/mol. The Morgan fingerprint density at radius 1 is 1.21 bits per heavy atom. The number of nitrogens with zero attached hydrogens (tertiary/aromatic N) is 5. The summed E-state index contributed by atoms with van der Waals surface area (Å²) in [5.74, 6) is 0.908. The zero-order valence-corrected chi connectivity index (χ0v) is 17.3. The topological polar surface area (TPSA) is 114 Å². The van der Waals surface area contributed by atoms with Gasteiger partial charge in [-0.1, -0.05) is 5.16 Å². The van der Waals surface area contributed by atoms with Crippen molar-refractivity contribution in [2.75, 3.05) is 11.9 Å². The number of rotatable bonds is 5. The highest BCUT2D eigenvalue weighted by Crippen LogP contribution is 2.38. The van der Waals surface area contributed by atoms with Gasteiger partial charge >= 0.3 is 0 Å². The fourth-order valence-corrected chi connectivity index (χ4v) is 5.70. The number of hydrogen-bond donors (Lipinski definition) is 1. The van der Waals surface area contributed by atoms with Gasteiger partial charge in [0.25, 0.3) is 0 Å². The number of aromatic nitrogens is 4. The first-order chi connectivity index (χ1) is 13.9. The first kappa shape index (κ1) is 19.5. The number of pyridine rings is 1. The standard InChI is InChI=1S/C19H22N6O3S/c1-12-9-15(23-18-11-20-6-7-21-18)10-16(22-12)17-5-4-8-25(17)29(26,27)19-13(2)24-28-14(19)3/h6-7,9-11,17H,4-5,8H2,1-3H3,(H,21,22,23). The fourth-order valence-electron chi connectivity index (χ4n) is 3.73. The van der Waals surface area contributed by atoms with Gasteiger partial charge in [0.15, 0.2) is 5.76 Å². The number of nitrogens with one attached hydrogen (secondary N) is 1. The molecule has 1 atom stereocenters. The van der Waals surface area contributed by atoms with Crippen LogP contribution in [0.25, 0.3) is 0 Å². The van der Waals surface area contributed by atoms with E-state index in [1.165, 1.54) is 4.31 Å². The summed E-state index contributed by atoms with van der Waals surface area (Å²) in [4.78, 5) is 13.0. The van der Waals surface area contributed by atoms with Gasteiger partial charge in [-0.3, -0.25) is 9.97 Å². The Bertz CT molecular complexity index is 1110. The lowest BCUT2D eigenvalue weighted by molar-refractivity contribution is 0.381. The van der Waals surface area contributed by atoms with Crippen LogP contribution in [0.4, 0.5) is 11.5 Å². The van der Waals surface area contributed by atoms with Gasteiger partial charge in [0, 0.05) is 30.3 Å². The SMILES string of the molecule is Cc1cc(Nc2cnccn2)cc(C2CCCN2S(=O)(=O)c2c(C)noc2C)n1. The van der Waals surface area contributed by atoms with Crippen molar-refractivity contribution in [2.24, 2.45) is 0 Å². The number of sulfonamides is 1. The van der Waals surface area contributed by atoms with Crippen molar-refractivity contribution in [3.63, 3.8) is 0 Å². The van der Waals surface area contributed by atoms with Gasteiger partial charge in [0.2, 0.25) is 10.0 Å². The molecule has 9 nitrogen and oxygen atoms in total. The van der Waals surface area contributed by atoms with E-state index in [1.807, 2.05) is 19.1 Å². The van der Waals surface area contributed by atoms with Crippen LogP contribution in [0, 0.1) is 20.8 Å². The van der Waals surface area contributed by atoms with Crippen molar-refractivity contribution in [3.05, 3.63) is 53.6 Å². The minimum atomic E-state index is -3.74. The van der Waals surface area contributed by atoms with Crippen molar-refractivity contribution in [1.29, 1.82) is 0 Å². The van der Waals surface area contributed by atoms with E-state index in [-0.39, 0.29) is 10.9 Å². The van der Waals surface area contributed by atoms with Crippen molar-refractivity contribution < 1.29 is 12.9 Å². The monoisotopic (exact) mass is 414 g/mol. The second kappa shape index (κ2) is 7.53. The quantitative estimate of drug-likeness (QED) is 0.677. The predicted molar refractivity (Wildman–Crippen MR) is 106 cm³/mol. The number of hydrogen-bond acceptors (Lipinski definition) is 8. The normalized spacial score (nSPS) is 17.6. The van der Waals surface area contributed by atoms with E-state index in [2.05, 4.69) is 25.4 Å². The molecule has 1 fully saturated rings. The van der Waals surface area contributed by atoms with E-state index in [9.17, 15) is 8.42 Å². The number of aryl methyl sites for hydroxylation is 3. The van der Waals surface area contributed by atoms with Gasteiger partial charge in [-0.25, -0.2) is 13.4 Å². The van der Waals surface area contributed by atoms with Crippen molar-refractivity contribution in [1.82, 2.24) is 24.4 Å². The van der Waals surface area contributed by atoms with Crippen molar-refractivity contribution >= 4 is 21.5 Å². The summed E-state index contributed by atoms with van der Waals surface area (Å²) in [6, 6.07) is 3.41. The maximum atomic E-state index is 13.3. The second-order valence-corrected chi connectivity index (χ2v) is 8.89. The van der Waals surface area contributed by atoms with Crippen LogP contribution in [0.1, 0.15) is 41.7 Å². The molecule has 4 heterocycles. The molecule has 29 heavy (non-hydrogen) atoms. The lowest BCUT2D eigenvalue weighted by atomic mass is 10.1. The summed E-state index contributed by atoms with van der Waals surface area (Å²) in [6.45, 7) is 5.57. The Labute approximate surface area is 169 Å². The van der Waals surface area contributed by atoms with Crippen LogP contribution in [0.15, 0.2) is 40.1 Å². The van der Waals surface area contributed by atoms with Gasteiger partial charge in [-0.05, 0) is 45.7 Å². The molecule has 0 radical (unpaired) electrons. The van der Waals surface area contributed by atoms with E-state index in [0.29, 0.717) is 35.9 Å². The minimum absolute atomic E-state index is 0.148. The first-order valence-electron chi connectivity index (χ1n) is 9.32. The van der Waals surface area contributed by atoms with E-state index in [1.54, 1.807) is 32.4 Å². The van der Waals surface area contributed by atoms with Gasteiger partial charge in [0.1, 0.15) is 16.4 Å². The molecule has 3 aromatic rings. The molecule has 0 bridgehead atoms. The van der Waals surface area contributed by atoms with E-state index >= 15 is 0 Å². The minimum Gasteiger partial charge on any atom is -0.360 e. The molecule has 0 aliphatic carbocycles. The maximum Gasteiger partial charge on any atom is 0.249 e. The molecule has 1 unspecified atom stereocenters. The lowest BCUT2D eigenvalue weighted by Crippen LogP contribution is -2.31. The summed E-state index contributed by atoms with van der Waals surface area (Å²) in [5, 5.41) is 7.01. The van der Waals surface area contributed by atoms with Gasteiger partial charge in [0.05, 0.1) is 17.9 Å². The third-order valence-corrected chi connectivity index (χ3v) is 7.04. The van der Waals surface area contributed by atoms with Crippen molar-refractivity contribution in [3.8, 4) is 0 Å².